The molecule has 0 spiro atoms. The van der Waals surface area contributed by atoms with Crippen molar-refractivity contribution in [3.8, 4) is 16.9 Å². The molecule has 0 aliphatic carbocycles. The number of sulfonamides is 1. The van der Waals surface area contributed by atoms with Gasteiger partial charge in [-0.1, -0.05) is 50.2 Å². The van der Waals surface area contributed by atoms with Crippen LogP contribution >= 0.6 is 0 Å². The van der Waals surface area contributed by atoms with E-state index in [1.807, 2.05) is 36.4 Å². The Morgan fingerprint density at radius 3 is 2.48 bits per heavy atom. The zero-order valence-corrected chi connectivity index (χ0v) is 18.5. The Kier molecular flexibility index (Phi) is 5.80. The molecular weight excluding hydrogens is 410 g/mol. The summed E-state index contributed by atoms with van der Waals surface area (Å²) in [4.78, 5) is 8.13. The maximum absolute atomic E-state index is 12.4. The lowest BCUT2D eigenvalue weighted by Crippen LogP contribution is -2.19. The SMILES string of the molecule is CNS(=O)(=O)c1ccccc1-c1ccc2[nH]c(COc3ccc(C(C)C)cc3)nc2c1. The molecule has 0 aliphatic rings. The van der Waals surface area contributed by atoms with Crippen molar-refractivity contribution >= 4 is 21.1 Å². The molecule has 0 bridgehead atoms. The van der Waals surface area contributed by atoms with E-state index in [1.54, 1.807) is 18.2 Å². The minimum absolute atomic E-state index is 0.237. The number of aromatic amines is 1. The second-order valence-electron chi connectivity index (χ2n) is 7.63. The van der Waals surface area contributed by atoms with Crippen LogP contribution in [0.5, 0.6) is 5.75 Å². The van der Waals surface area contributed by atoms with Crippen LogP contribution in [-0.2, 0) is 16.6 Å². The lowest BCUT2D eigenvalue weighted by molar-refractivity contribution is 0.297. The largest absolute Gasteiger partial charge is 0.486 e. The van der Waals surface area contributed by atoms with Crippen LogP contribution in [-0.4, -0.2) is 25.4 Å². The highest BCUT2D eigenvalue weighted by Crippen LogP contribution is 2.29. The summed E-state index contributed by atoms with van der Waals surface area (Å²) in [5.41, 5.74) is 4.30. The summed E-state index contributed by atoms with van der Waals surface area (Å²) < 4.78 is 33.0. The Balaban J connectivity index is 1.58. The maximum Gasteiger partial charge on any atom is 0.240 e. The quantitative estimate of drug-likeness (QED) is 0.435. The highest BCUT2D eigenvalue weighted by Gasteiger charge is 2.17. The average Bonchev–Trinajstić information content (AvgIpc) is 3.20. The van der Waals surface area contributed by atoms with Crippen molar-refractivity contribution in [3.63, 3.8) is 0 Å². The minimum Gasteiger partial charge on any atom is -0.486 e. The molecule has 0 radical (unpaired) electrons. The monoisotopic (exact) mass is 435 g/mol. The van der Waals surface area contributed by atoms with E-state index in [-0.39, 0.29) is 4.90 Å². The van der Waals surface area contributed by atoms with Crippen LogP contribution in [0, 0.1) is 0 Å². The van der Waals surface area contributed by atoms with Crippen LogP contribution in [0.4, 0.5) is 0 Å². The van der Waals surface area contributed by atoms with Gasteiger partial charge in [0, 0.05) is 5.56 Å². The number of nitrogens with zero attached hydrogens (tertiary/aromatic N) is 1. The molecule has 160 valence electrons. The van der Waals surface area contributed by atoms with Gasteiger partial charge >= 0.3 is 0 Å². The molecule has 0 saturated heterocycles. The predicted molar refractivity (Wildman–Crippen MR) is 123 cm³/mol. The van der Waals surface area contributed by atoms with E-state index in [0.29, 0.717) is 23.9 Å². The number of benzene rings is 3. The summed E-state index contributed by atoms with van der Waals surface area (Å²) in [7, 11) is -2.16. The van der Waals surface area contributed by atoms with Crippen LogP contribution in [0.2, 0.25) is 0 Å². The molecule has 6 nitrogen and oxygen atoms in total. The summed E-state index contributed by atoms with van der Waals surface area (Å²) >= 11 is 0. The number of aromatic nitrogens is 2. The van der Waals surface area contributed by atoms with Crippen molar-refractivity contribution in [2.45, 2.75) is 31.3 Å². The third-order valence-corrected chi connectivity index (χ3v) is 6.68. The molecule has 3 aromatic carbocycles. The average molecular weight is 436 g/mol. The third kappa shape index (κ3) is 4.47. The molecule has 0 atom stereocenters. The van der Waals surface area contributed by atoms with Gasteiger partial charge in [-0.15, -0.1) is 0 Å². The maximum atomic E-state index is 12.4. The summed E-state index contributed by atoms with van der Waals surface area (Å²) in [6, 6.07) is 20.7. The number of fused-ring (bicyclic) bond motifs is 1. The number of ether oxygens (including phenoxy) is 1. The first kappa shape index (κ1) is 21.1. The highest BCUT2D eigenvalue weighted by molar-refractivity contribution is 7.89. The second kappa shape index (κ2) is 8.53. The molecule has 4 aromatic rings. The van der Waals surface area contributed by atoms with Crippen LogP contribution in [0.3, 0.4) is 0 Å². The van der Waals surface area contributed by atoms with E-state index in [1.165, 1.54) is 12.6 Å². The van der Waals surface area contributed by atoms with E-state index < -0.39 is 10.0 Å². The van der Waals surface area contributed by atoms with E-state index in [0.717, 1.165) is 22.3 Å². The number of rotatable bonds is 7. The van der Waals surface area contributed by atoms with E-state index in [2.05, 4.69) is 40.7 Å². The summed E-state index contributed by atoms with van der Waals surface area (Å²) in [6.45, 7) is 4.63. The molecule has 4 rings (SSSR count). The normalized spacial score (nSPS) is 11.9. The zero-order valence-electron chi connectivity index (χ0n) is 17.7. The van der Waals surface area contributed by atoms with Gasteiger partial charge in [0.15, 0.2) is 0 Å². The summed E-state index contributed by atoms with van der Waals surface area (Å²) in [5.74, 6) is 1.97. The number of H-pyrrole nitrogens is 1. The third-order valence-electron chi connectivity index (χ3n) is 5.21. The molecule has 2 N–H and O–H groups in total. The fourth-order valence-electron chi connectivity index (χ4n) is 3.44. The molecule has 1 aromatic heterocycles. The van der Waals surface area contributed by atoms with Gasteiger partial charge in [-0.2, -0.15) is 0 Å². The van der Waals surface area contributed by atoms with E-state index in [4.69, 9.17) is 4.74 Å². The fraction of sp³-hybridized carbons (Fsp3) is 0.208. The Hall–Kier alpha value is -3.16. The van der Waals surface area contributed by atoms with Crippen LogP contribution in [0.1, 0.15) is 31.2 Å². The highest BCUT2D eigenvalue weighted by atomic mass is 32.2. The lowest BCUT2D eigenvalue weighted by Gasteiger charge is -2.09. The van der Waals surface area contributed by atoms with Gasteiger partial charge in [0.25, 0.3) is 0 Å². The first-order valence-corrected chi connectivity index (χ1v) is 11.6. The van der Waals surface area contributed by atoms with Crippen molar-refractivity contribution in [2.24, 2.45) is 0 Å². The topological polar surface area (TPSA) is 84.1 Å². The van der Waals surface area contributed by atoms with Crippen molar-refractivity contribution in [3.05, 3.63) is 78.1 Å². The van der Waals surface area contributed by atoms with Crippen LogP contribution in [0.25, 0.3) is 22.2 Å². The van der Waals surface area contributed by atoms with Gasteiger partial charge in [-0.25, -0.2) is 18.1 Å². The predicted octanol–water partition coefficient (Wildman–Crippen LogP) is 4.84. The van der Waals surface area contributed by atoms with Gasteiger partial charge in [-0.05, 0) is 54.4 Å². The van der Waals surface area contributed by atoms with E-state index in [9.17, 15) is 8.42 Å². The zero-order chi connectivity index (χ0) is 22.0. The standard InChI is InChI=1S/C24H25N3O3S/c1-16(2)17-8-11-19(12-9-17)30-15-24-26-21-13-10-18(14-22(21)27-24)20-6-4-5-7-23(20)31(28,29)25-3/h4-14,16,25H,15H2,1-3H3,(H,26,27). The van der Waals surface area contributed by atoms with Crippen LogP contribution < -0.4 is 9.46 Å². The minimum atomic E-state index is -3.57. The van der Waals surface area contributed by atoms with Crippen molar-refractivity contribution in [1.29, 1.82) is 0 Å². The molecular formula is C24H25N3O3S. The van der Waals surface area contributed by atoms with E-state index >= 15 is 0 Å². The smallest absolute Gasteiger partial charge is 0.240 e. The van der Waals surface area contributed by atoms with Crippen LogP contribution in [0.15, 0.2) is 71.6 Å². The summed E-state index contributed by atoms with van der Waals surface area (Å²) in [6.07, 6.45) is 0. The fourth-order valence-corrected chi connectivity index (χ4v) is 4.40. The molecule has 0 fully saturated rings. The molecule has 0 saturated carbocycles. The number of nitrogens with one attached hydrogen (secondary N) is 2. The molecule has 0 unspecified atom stereocenters. The van der Waals surface area contributed by atoms with Crippen molar-refractivity contribution in [1.82, 2.24) is 14.7 Å². The van der Waals surface area contributed by atoms with Gasteiger partial charge in [0.05, 0.1) is 15.9 Å². The Morgan fingerprint density at radius 1 is 1.03 bits per heavy atom. The van der Waals surface area contributed by atoms with Gasteiger partial charge in [0.2, 0.25) is 10.0 Å². The summed E-state index contributed by atoms with van der Waals surface area (Å²) in [5, 5.41) is 0. The Morgan fingerprint density at radius 2 is 1.77 bits per heavy atom. The molecule has 31 heavy (non-hydrogen) atoms. The Labute approximate surface area is 182 Å². The van der Waals surface area contributed by atoms with Gasteiger partial charge in [-0.3, -0.25) is 0 Å². The molecule has 0 aliphatic heterocycles. The molecule has 7 heteroatoms. The van der Waals surface area contributed by atoms with Gasteiger partial charge < -0.3 is 9.72 Å². The van der Waals surface area contributed by atoms with Crippen molar-refractivity contribution in [2.75, 3.05) is 7.05 Å². The molecule has 0 amide bonds. The Bertz CT molecular complexity index is 1310. The van der Waals surface area contributed by atoms with Crippen molar-refractivity contribution < 1.29 is 13.2 Å². The first-order valence-electron chi connectivity index (χ1n) is 10.1. The second-order valence-corrected chi connectivity index (χ2v) is 9.49. The number of hydrogen-bond acceptors (Lipinski definition) is 4. The molecule has 1 heterocycles. The van der Waals surface area contributed by atoms with Gasteiger partial charge in [0.1, 0.15) is 18.2 Å². The number of imidazole rings is 1. The number of hydrogen-bond donors (Lipinski definition) is 2. The lowest BCUT2D eigenvalue weighted by atomic mass is 10.0. The first-order chi connectivity index (χ1) is 14.9.